The van der Waals surface area contributed by atoms with Gasteiger partial charge < -0.3 is 15.7 Å². The summed E-state index contributed by atoms with van der Waals surface area (Å²) in [6, 6.07) is 5.13. The van der Waals surface area contributed by atoms with Gasteiger partial charge >= 0.3 is 5.97 Å². The highest BCUT2D eigenvalue weighted by atomic mass is 16.4. The topological polar surface area (TPSA) is 113 Å². The summed E-state index contributed by atoms with van der Waals surface area (Å²) in [5.74, 6) is -2.34. The maximum absolute atomic E-state index is 12.3. The highest BCUT2D eigenvalue weighted by molar-refractivity contribution is 5.98. The van der Waals surface area contributed by atoms with Crippen molar-refractivity contribution in [1.82, 2.24) is 5.32 Å². The molecular formula is C17H20N2O5. The molecule has 1 fully saturated rings. The summed E-state index contributed by atoms with van der Waals surface area (Å²) >= 11 is 0. The van der Waals surface area contributed by atoms with Gasteiger partial charge in [-0.2, -0.15) is 0 Å². The summed E-state index contributed by atoms with van der Waals surface area (Å²) in [6.45, 7) is 1.35. The van der Waals surface area contributed by atoms with E-state index in [0.717, 1.165) is 0 Å². The fourth-order valence-electron chi connectivity index (χ4n) is 2.89. The van der Waals surface area contributed by atoms with Crippen LogP contribution < -0.4 is 10.6 Å². The fourth-order valence-corrected chi connectivity index (χ4v) is 2.89. The zero-order valence-electron chi connectivity index (χ0n) is 13.4. The highest BCUT2D eigenvalue weighted by Crippen LogP contribution is 2.25. The second-order valence-electron chi connectivity index (χ2n) is 5.95. The molecule has 0 radical (unpaired) electrons. The van der Waals surface area contributed by atoms with Crippen LogP contribution in [0.3, 0.4) is 0 Å². The van der Waals surface area contributed by atoms with Crippen molar-refractivity contribution >= 4 is 29.3 Å². The van der Waals surface area contributed by atoms with Gasteiger partial charge in [-0.3, -0.25) is 14.4 Å². The second-order valence-corrected chi connectivity index (χ2v) is 5.95. The summed E-state index contributed by atoms with van der Waals surface area (Å²) < 4.78 is 0. The van der Waals surface area contributed by atoms with Crippen LogP contribution in [0.5, 0.6) is 0 Å². The van der Waals surface area contributed by atoms with E-state index in [9.17, 15) is 24.3 Å². The molecule has 1 saturated carbocycles. The average Bonchev–Trinajstić information content (AvgIpc) is 2.51. The number of anilines is 1. The molecule has 1 aliphatic carbocycles. The largest absolute Gasteiger partial charge is 0.480 e. The number of carboxylic acid groups (broad SMARTS) is 1. The van der Waals surface area contributed by atoms with E-state index in [-0.39, 0.29) is 23.7 Å². The Labute approximate surface area is 139 Å². The lowest BCUT2D eigenvalue weighted by molar-refractivity contribution is -0.141. The van der Waals surface area contributed by atoms with Gasteiger partial charge in [0.05, 0.1) is 0 Å². The molecule has 0 saturated heterocycles. The molecule has 2 atom stereocenters. The van der Waals surface area contributed by atoms with Crippen molar-refractivity contribution in [2.24, 2.45) is 5.92 Å². The number of hydrogen-bond donors (Lipinski definition) is 3. The Kier molecular flexibility index (Phi) is 5.68. The molecule has 128 valence electrons. The Bertz CT molecular complexity index is 671. The minimum Gasteiger partial charge on any atom is -0.480 e. The predicted octanol–water partition coefficient (Wildman–Crippen LogP) is 1.59. The molecule has 2 rings (SSSR count). The molecule has 24 heavy (non-hydrogen) atoms. The van der Waals surface area contributed by atoms with E-state index in [0.29, 0.717) is 24.9 Å². The Balaban J connectivity index is 2.11. The predicted molar refractivity (Wildman–Crippen MR) is 86.6 cm³/mol. The van der Waals surface area contributed by atoms with Crippen LogP contribution in [-0.2, 0) is 14.4 Å². The minimum atomic E-state index is -1.15. The zero-order chi connectivity index (χ0) is 17.7. The summed E-state index contributed by atoms with van der Waals surface area (Å²) in [5.41, 5.74) is 0.699. The molecule has 0 unspecified atom stereocenters. The van der Waals surface area contributed by atoms with Crippen LogP contribution >= 0.6 is 0 Å². The second kappa shape index (κ2) is 7.72. The first-order chi connectivity index (χ1) is 11.4. The first-order valence-electron chi connectivity index (χ1n) is 7.80. The zero-order valence-corrected chi connectivity index (χ0v) is 13.4. The van der Waals surface area contributed by atoms with Gasteiger partial charge in [-0.15, -0.1) is 0 Å². The molecule has 0 bridgehead atoms. The van der Waals surface area contributed by atoms with E-state index in [1.165, 1.54) is 19.1 Å². The summed E-state index contributed by atoms with van der Waals surface area (Å²) in [5, 5.41) is 14.5. The molecule has 3 N–H and O–H groups in total. The molecule has 0 aromatic heterocycles. The molecule has 7 heteroatoms. The number of nitrogens with one attached hydrogen (secondary N) is 2. The van der Waals surface area contributed by atoms with Crippen molar-refractivity contribution in [3.8, 4) is 0 Å². The first-order valence-corrected chi connectivity index (χ1v) is 7.80. The van der Waals surface area contributed by atoms with E-state index >= 15 is 0 Å². The van der Waals surface area contributed by atoms with E-state index in [4.69, 9.17) is 0 Å². The number of rotatable bonds is 5. The van der Waals surface area contributed by atoms with Crippen LogP contribution in [0, 0.1) is 5.92 Å². The van der Waals surface area contributed by atoms with Crippen molar-refractivity contribution < 1.29 is 24.3 Å². The lowest BCUT2D eigenvalue weighted by Crippen LogP contribution is -2.47. The van der Waals surface area contributed by atoms with Gasteiger partial charge in [0.1, 0.15) is 11.8 Å². The number of carboxylic acids is 1. The van der Waals surface area contributed by atoms with Gasteiger partial charge in [0, 0.05) is 31.0 Å². The van der Waals surface area contributed by atoms with Crippen LogP contribution in [0.15, 0.2) is 24.3 Å². The molecule has 1 aromatic rings. The molecule has 1 aliphatic rings. The third kappa shape index (κ3) is 4.65. The van der Waals surface area contributed by atoms with Crippen LogP contribution in [0.2, 0.25) is 0 Å². The molecule has 0 aliphatic heterocycles. The Morgan fingerprint density at radius 1 is 1.29 bits per heavy atom. The molecular weight excluding hydrogens is 312 g/mol. The molecule has 2 amide bonds. The van der Waals surface area contributed by atoms with Crippen molar-refractivity contribution in [3.05, 3.63) is 29.8 Å². The fraction of sp³-hybridized carbons (Fsp3) is 0.412. The van der Waals surface area contributed by atoms with Crippen LogP contribution in [0.25, 0.3) is 0 Å². The Morgan fingerprint density at radius 3 is 2.67 bits per heavy atom. The van der Waals surface area contributed by atoms with Gasteiger partial charge in [-0.25, -0.2) is 4.79 Å². The van der Waals surface area contributed by atoms with E-state index in [2.05, 4.69) is 10.6 Å². The summed E-state index contributed by atoms with van der Waals surface area (Å²) in [4.78, 5) is 46.5. The van der Waals surface area contributed by atoms with Gasteiger partial charge in [0.25, 0.3) is 5.91 Å². The van der Waals surface area contributed by atoms with Crippen molar-refractivity contribution in [2.45, 2.75) is 38.6 Å². The van der Waals surface area contributed by atoms with Crippen molar-refractivity contribution in [2.75, 3.05) is 5.32 Å². The quantitative estimate of drug-likeness (QED) is 0.758. The van der Waals surface area contributed by atoms with Gasteiger partial charge in [-0.05, 0) is 37.0 Å². The Hall–Kier alpha value is -2.70. The summed E-state index contributed by atoms with van der Waals surface area (Å²) in [7, 11) is 0. The molecule has 1 aromatic carbocycles. The summed E-state index contributed by atoms with van der Waals surface area (Å²) in [6.07, 6.45) is 1.87. The van der Waals surface area contributed by atoms with Crippen LogP contribution in [0.4, 0.5) is 5.69 Å². The monoisotopic (exact) mass is 332 g/mol. The molecule has 7 nitrogen and oxygen atoms in total. The van der Waals surface area contributed by atoms with Crippen molar-refractivity contribution in [1.29, 1.82) is 0 Å². The number of carbonyl (C=O) groups is 4. The SMILES string of the molecule is CC(=O)Nc1cccc(C(=O)N[C@@H](C(=O)O)[C@H]2CCCC(=O)C2)c1. The molecule has 0 spiro atoms. The number of benzene rings is 1. The lowest BCUT2D eigenvalue weighted by atomic mass is 9.83. The first kappa shape index (κ1) is 17.7. The minimum absolute atomic E-state index is 0.0272. The van der Waals surface area contributed by atoms with Crippen molar-refractivity contribution in [3.63, 3.8) is 0 Å². The smallest absolute Gasteiger partial charge is 0.326 e. The standard InChI is InChI=1S/C17H20N2O5/c1-10(20)18-13-6-2-5-12(8-13)16(22)19-15(17(23)24)11-4-3-7-14(21)9-11/h2,5-6,8,11,15H,3-4,7,9H2,1H3,(H,18,20)(H,19,22)(H,23,24)/t11-,15+/m0/s1. The maximum atomic E-state index is 12.3. The molecule has 0 heterocycles. The van der Waals surface area contributed by atoms with E-state index in [1.54, 1.807) is 12.1 Å². The number of ketones is 1. The van der Waals surface area contributed by atoms with Crippen LogP contribution in [-0.4, -0.2) is 34.7 Å². The van der Waals surface area contributed by atoms with Gasteiger partial charge in [0.2, 0.25) is 5.91 Å². The number of carbonyl (C=O) groups excluding carboxylic acids is 3. The Morgan fingerprint density at radius 2 is 2.04 bits per heavy atom. The maximum Gasteiger partial charge on any atom is 0.326 e. The average molecular weight is 332 g/mol. The third-order valence-corrected chi connectivity index (χ3v) is 3.99. The normalized spacial score (nSPS) is 18.5. The van der Waals surface area contributed by atoms with Gasteiger partial charge in [-0.1, -0.05) is 6.07 Å². The number of aliphatic carboxylic acids is 1. The van der Waals surface area contributed by atoms with Crippen LogP contribution in [0.1, 0.15) is 43.0 Å². The van der Waals surface area contributed by atoms with Gasteiger partial charge in [0.15, 0.2) is 0 Å². The van der Waals surface area contributed by atoms with E-state index < -0.39 is 23.8 Å². The van der Waals surface area contributed by atoms with E-state index in [1.807, 2.05) is 0 Å². The highest BCUT2D eigenvalue weighted by Gasteiger charge is 2.33. The number of hydrogen-bond acceptors (Lipinski definition) is 4. The lowest BCUT2D eigenvalue weighted by Gasteiger charge is -2.27. The number of amides is 2. The number of Topliss-reactive ketones (excluding diaryl/α,β-unsaturated/α-hetero) is 1. The third-order valence-electron chi connectivity index (χ3n) is 3.99.